The summed E-state index contributed by atoms with van der Waals surface area (Å²) < 4.78 is 5.42. The first-order chi connectivity index (χ1) is 8.61. The molecule has 18 heavy (non-hydrogen) atoms. The second-order valence-corrected chi connectivity index (χ2v) is 4.92. The second kappa shape index (κ2) is 8.11. The number of nitrogens with one attached hydrogen (secondary N) is 2. The van der Waals surface area contributed by atoms with Gasteiger partial charge in [0.15, 0.2) is 0 Å². The minimum absolute atomic E-state index is 0.471. The van der Waals surface area contributed by atoms with E-state index in [0.29, 0.717) is 12.1 Å². The number of hydrogen-bond acceptors (Lipinski definition) is 3. The molecule has 0 fully saturated rings. The van der Waals surface area contributed by atoms with Crippen molar-refractivity contribution in [3.63, 3.8) is 0 Å². The fourth-order valence-corrected chi connectivity index (χ4v) is 1.65. The first-order valence-corrected chi connectivity index (χ1v) is 6.80. The maximum Gasteiger partial charge on any atom is 0.119 e. The normalized spacial score (nSPS) is 12.7. The van der Waals surface area contributed by atoms with E-state index in [1.807, 2.05) is 19.1 Å². The van der Waals surface area contributed by atoms with Crippen LogP contribution in [0.5, 0.6) is 5.75 Å². The Morgan fingerprint density at radius 3 is 2.28 bits per heavy atom. The van der Waals surface area contributed by atoms with Crippen LogP contribution in [0.4, 0.5) is 0 Å². The first-order valence-electron chi connectivity index (χ1n) is 6.80. The molecule has 1 aromatic carbocycles. The Hall–Kier alpha value is -1.06. The minimum atomic E-state index is 0.471. The van der Waals surface area contributed by atoms with Gasteiger partial charge in [0.05, 0.1) is 6.61 Å². The van der Waals surface area contributed by atoms with Crippen LogP contribution in [0.2, 0.25) is 0 Å². The second-order valence-electron chi connectivity index (χ2n) is 4.92. The lowest BCUT2D eigenvalue weighted by Gasteiger charge is -2.16. The van der Waals surface area contributed by atoms with Crippen LogP contribution in [0, 0.1) is 0 Å². The molecule has 1 rings (SSSR count). The van der Waals surface area contributed by atoms with Gasteiger partial charge in [0.1, 0.15) is 5.75 Å². The van der Waals surface area contributed by atoms with Gasteiger partial charge in [0.2, 0.25) is 0 Å². The molecule has 0 aliphatic rings. The van der Waals surface area contributed by atoms with Crippen molar-refractivity contribution in [1.29, 1.82) is 0 Å². The van der Waals surface area contributed by atoms with Gasteiger partial charge in [-0.3, -0.25) is 0 Å². The third-order valence-corrected chi connectivity index (χ3v) is 2.72. The third-order valence-electron chi connectivity index (χ3n) is 2.72. The molecule has 0 bridgehead atoms. The summed E-state index contributed by atoms with van der Waals surface area (Å²) in [6.45, 7) is 11.1. The van der Waals surface area contributed by atoms with Crippen molar-refractivity contribution in [3.05, 3.63) is 29.8 Å². The summed E-state index contributed by atoms with van der Waals surface area (Å²) in [4.78, 5) is 0. The number of rotatable bonds is 8. The van der Waals surface area contributed by atoms with Crippen molar-refractivity contribution < 1.29 is 4.74 Å². The highest BCUT2D eigenvalue weighted by atomic mass is 16.5. The topological polar surface area (TPSA) is 33.3 Å². The SMILES string of the molecule is CCOc1ccc(CNC(C)CNC(C)C)cc1. The predicted molar refractivity (Wildman–Crippen MR) is 77.1 cm³/mol. The van der Waals surface area contributed by atoms with Crippen LogP contribution < -0.4 is 15.4 Å². The van der Waals surface area contributed by atoms with E-state index in [1.54, 1.807) is 0 Å². The van der Waals surface area contributed by atoms with Gasteiger partial charge in [-0.05, 0) is 31.5 Å². The summed E-state index contributed by atoms with van der Waals surface area (Å²) in [6.07, 6.45) is 0. The number of hydrogen-bond donors (Lipinski definition) is 2. The van der Waals surface area contributed by atoms with Crippen LogP contribution in [-0.2, 0) is 6.54 Å². The molecule has 0 aromatic heterocycles. The molecule has 0 aliphatic carbocycles. The van der Waals surface area contributed by atoms with Crippen LogP contribution in [0.3, 0.4) is 0 Å². The zero-order valence-corrected chi connectivity index (χ0v) is 12.0. The van der Waals surface area contributed by atoms with E-state index in [-0.39, 0.29) is 0 Å². The van der Waals surface area contributed by atoms with E-state index in [0.717, 1.165) is 25.4 Å². The Bertz CT molecular complexity index is 322. The Labute approximate surface area is 111 Å². The molecule has 102 valence electrons. The van der Waals surface area contributed by atoms with Gasteiger partial charge in [0, 0.05) is 25.2 Å². The Balaban J connectivity index is 2.29. The van der Waals surface area contributed by atoms with E-state index in [9.17, 15) is 0 Å². The lowest BCUT2D eigenvalue weighted by molar-refractivity contribution is 0.340. The molecule has 0 heterocycles. The molecule has 1 atom stereocenters. The maximum atomic E-state index is 5.42. The van der Waals surface area contributed by atoms with Crippen LogP contribution in [-0.4, -0.2) is 25.2 Å². The van der Waals surface area contributed by atoms with E-state index in [4.69, 9.17) is 4.74 Å². The summed E-state index contributed by atoms with van der Waals surface area (Å²) in [5.41, 5.74) is 1.29. The van der Waals surface area contributed by atoms with Crippen molar-refractivity contribution in [3.8, 4) is 5.75 Å². The van der Waals surface area contributed by atoms with Crippen molar-refractivity contribution in [2.45, 2.75) is 46.3 Å². The zero-order chi connectivity index (χ0) is 13.4. The highest BCUT2D eigenvalue weighted by Crippen LogP contribution is 2.11. The van der Waals surface area contributed by atoms with Gasteiger partial charge in [-0.15, -0.1) is 0 Å². The van der Waals surface area contributed by atoms with Gasteiger partial charge in [-0.1, -0.05) is 26.0 Å². The highest BCUT2D eigenvalue weighted by molar-refractivity contribution is 5.27. The summed E-state index contributed by atoms with van der Waals surface area (Å²) in [6, 6.07) is 9.29. The molecular weight excluding hydrogens is 224 g/mol. The Morgan fingerprint density at radius 1 is 1.06 bits per heavy atom. The molecule has 0 spiro atoms. The average Bonchev–Trinajstić information content (AvgIpc) is 2.36. The van der Waals surface area contributed by atoms with E-state index in [2.05, 4.69) is 43.5 Å². The molecule has 1 aromatic rings. The molecule has 3 heteroatoms. The summed E-state index contributed by atoms with van der Waals surface area (Å²) in [5, 5.41) is 6.93. The summed E-state index contributed by atoms with van der Waals surface area (Å²) in [5.74, 6) is 0.941. The Morgan fingerprint density at radius 2 is 1.72 bits per heavy atom. The lowest BCUT2D eigenvalue weighted by Crippen LogP contribution is -2.38. The minimum Gasteiger partial charge on any atom is -0.494 e. The largest absolute Gasteiger partial charge is 0.494 e. The first kappa shape index (κ1) is 15.0. The highest BCUT2D eigenvalue weighted by Gasteiger charge is 2.02. The van der Waals surface area contributed by atoms with Crippen LogP contribution in [0.15, 0.2) is 24.3 Å². The van der Waals surface area contributed by atoms with Crippen LogP contribution in [0.25, 0.3) is 0 Å². The molecule has 0 aliphatic heterocycles. The van der Waals surface area contributed by atoms with E-state index >= 15 is 0 Å². The third kappa shape index (κ3) is 6.03. The monoisotopic (exact) mass is 250 g/mol. The summed E-state index contributed by atoms with van der Waals surface area (Å²) >= 11 is 0. The molecule has 0 saturated heterocycles. The van der Waals surface area contributed by atoms with E-state index < -0.39 is 0 Å². The molecule has 2 N–H and O–H groups in total. The molecule has 3 nitrogen and oxygen atoms in total. The van der Waals surface area contributed by atoms with Gasteiger partial charge >= 0.3 is 0 Å². The van der Waals surface area contributed by atoms with Gasteiger partial charge in [-0.25, -0.2) is 0 Å². The number of ether oxygens (including phenoxy) is 1. The fourth-order valence-electron chi connectivity index (χ4n) is 1.65. The van der Waals surface area contributed by atoms with Crippen molar-refractivity contribution in [1.82, 2.24) is 10.6 Å². The predicted octanol–water partition coefficient (Wildman–Crippen LogP) is 2.56. The molecule has 1 unspecified atom stereocenters. The van der Waals surface area contributed by atoms with Gasteiger partial charge in [0.25, 0.3) is 0 Å². The van der Waals surface area contributed by atoms with E-state index in [1.165, 1.54) is 5.56 Å². The lowest BCUT2D eigenvalue weighted by atomic mass is 10.2. The van der Waals surface area contributed by atoms with Gasteiger partial charge in [-0.2, -0.15) is 0 Å². The van der Waals surface area contributed by atoms with Crippen molar-refractivity contribution >= 4 is 0 Å². The standard InChI is InChI=1S/C15H26N2O/c1-5-18-15-8-6-14(7-9-15)11-17-13(4)10-16-12(2)3/h6-9,12-13,16-17H,5,10-11H2,1-4H3. The van der Waals surface area contributed by atoms with Crippen molar-refractivity contribution in [2.75, 3.05) is 13.2 Å². The van der Waals surface area contributed by atoms with Crippen molar-refractivity contribution in [2.24, 2.45) is 0 Å². The molecule has 0 amide bonds. The van der Waals surface area contributed by atoms with Crippen LogP contribution >= 0.6 is 0 Å². The smallest absolute Gasteiger partial charge is 0.119 e. The fraction of sp³-hybridized carbons (Fsp3) is 0.600. The Kier molecular flexibility index (Phi) is 6.76. The summed E-state index contributed by atoms with van der Waals surface area (Å²) in [7, 11) is 0. The average molecular weight is 250 g/mol. The molecule has 0 radical (unpaired) electrons. The molecule has 0 saturated carbocycles. The van der Waals surface area contributed by atoms with Gasteiger partial charge < -0.3 is 15.4 Å². The number of benzene rings is 1. The molecular formula is C15H26N2O. The van der Waals surface area contributed by atoms with Crippen LogP contribution in [0.1, 0.15) is 33.3 Å². The maximum absolute atomic E-state index is 5.42. The zero-order valence-electron chi connectivity index (χ0n) is 12.0. The quantitative estimate of drug-likeness (QED) is 0.744.